The maximum Gasteiger partial charge on any atom is 0.257 e. The van der Waals surface area contributed by atoms with Crippen molar-refractivity contribution < 1.29 is 9.53 Å². The second-order valence-electron chi connectivity index (χ2n) is 6.38. The first kappa shape index (κ1) is 18.8. The third kappa shape index (κ3) is 3.85. The van der Waals surface area contributed by atoms with Crippen LogP contribution in [0.2, 0.25) is 0 Å². The predicted octanol–water partition coefficient (Wildman–Crippen LogP) is 3.66. The number of aromatic nitrogens is 5. The summed E-state index contributed by atoms with van der Waals surface area (Å²) in [6.07, 6.45) is 0. The van der Waals surface area contributed by atoms with Gasteiger partial charge in [0.15, 0.2) is 11.5 Å². The Morgan fingerprint density at radius 1 is 1.14 bits per heavy atom. The Balaban J connectivity index is 1.57. The van der Waals surface area contributed by atoms with E-state index >= 15 is 0 Å². The van der Waals surface area contributed by atoms with Crippen molar-refractivity contribution in [1.82, 2.24) is 24.4 Å². The highest BCUT2D eigenvalue weighted by Gasteiger charge is 2.18. The molecule has 0 bridgehead atoms. The lowest BCUT2D eigenvalue weighted by Crippen LogP contribution is -2.11. The summed E-state index contributed by atoms with van der Waals surface area (Å²) < 4.78 is 11.3. The average Bonchev–Trinajstić information content (AvgIpc) is 3.34. The molecule has 8 nitrogen and oxygen atoms in total. The van der Waals surface area contributed by atoms with Gasteiger partial charge in [-0.25, -0.2) is 4.68 Å². The molecule has 0 aliphatic carbocycles. The quantitative estimate of drug-likeness (QED) is 0.543. The van der Waals surface area contributed by atoms with Gasteiger partial charge in [-0.05, 0) is 38.1 Å². The summed E-state index contributed by atoms with van der Waals surface area (Å²) in [6.45, 7) is 3.83. The number of anilines is 1. The molecule has 2 aromatic carbocycles. The number of hydrogen-bond acceptors (Lipinski definition) is 7. The number of carbonyl (C=O) groups excluding carboxylic acids is 1. The molecule has 0 unspecified atom stereocenters. The minimum atomic E-state index is -0.229. The first-order valence-electron chi connectivity index (χ1n) is 8.84. The molecule has 0 aliphatic rings. The zero-order chi connectivity index (χ0) is 20.4. The average molecular weight is 406 g/mol. The van der Waals surface area contributed by atoms with Crippen molar-refractivity contribution in [3.63, 3.8) is 0 Å². The van der Waals surface area contributed by atoms with Gasteiger partial charge in [-0.2, -0.15) is 9.36 Å². The van der Waals surface area contributed by atoms with Gasteiger partial charge < -0.3 is 4.74 Å². The topological polar surface area (TPSA) is 94.8 Å². The van der Waals surface area contributed by atoms with Crippen molar-refractivity contribution >= 4 is 22.6 Å². The molecule has 0 radical (unpaired) electrons. The molecular formula is C20H18N6O2S. The standard InChI is InChI=1S/C20H18N6O2S/c1-12-6-4-7-14(10-12)19(27)22-20-21-18(24-29-20)17-13(2)26(25-23-17)15-8-5-9-16(11-15)28-3/h4-11H,1-3H3,(H,21,22,24,27). The van der Waals surface area contributed by atoms with Crippen LogP contribution in [0.1, 0.15) is 21.6 Å². The normalized spacial score (nSPS) is 10.7. The zero-order valence-corrected chi connectivity index (χ0v) is 16.9. The number of benzene rings is 2. The Morgan fingerprint density at radius 2 is 1.97 bits per heavy atom. The van der Waals surface area contributed by atoms with E-state index in [2.05, 4.69) is 25.0 Å². The number of carbonyl (C=O) groups is 1. The number of aryl methyl sites for hydroxylation is 1. The van der Waals surface area contributed by atoms with E-state index in [1.54, 1.807) is 17.9 Å². The lowest BCUT2D eigenvalue weighted by molar-refractivity contribution is 0.102. The van der Waals surface area contributed by atoms with Crippen LogP contribution in [0.25, 0.3) is 17.2 Å². The highest BCUT2D eigenvalue weighted by atomic mass is 32.1. The molecule has 29 heavy (non-hydrogen) atoms. The molecule has 0 atom stereocenters. The van der Waals surface area contributed by atoms with Gasteiger partial charge in [0, 0.05) is 23.2 Å². The third-order valence-corrected chi connectivity index (χ3v) is 4.96. The fourth-order valence-corrected chi connectivity index (χ4v) is 3.42. The summed E-state index contributed by atoms with van der Waals surface area (Å²) in [5.41, 5.74) is 3.75. The van der Waals surface area contributed by atoms with Gasteiger partial charge >= 0.3 is 0 Å². The van der Waals surface area contributed by atoms with E-state index in [-0.39, 0.29) is 5.91 Å². The molecule has 4 rings (SSSR count). The first-order chi connectivity index (χ1) is 14.0. The molecule has 0 saturated heterocycles. The summed E-state index contributed by atoms with van der Waals surface area (Å²) in [7, 11) is 1.62. The molecule has 9 heteroatoms. The van der Waals surface area contributed by atoms with E-state index in [1.807, 2.05) is 56.3 Å². The maximum absolute atomic E-state index is 12.4. The number of ether oxygens (including phenoxy) is 1. The van der Waals surface area contributed by atoms with Crippen LogP contribution in [0.15, 0.2) is 48.5 Å². The van der Waals surface area contributed by atoms with Crippen molar-refractivity contribution in [2.24, 2.45) is 0 Å². The van der Waals surface area contributed by atoms with E-state index in [1.165, 1.54) is 0 Å². The van der Waals surface area contributed by atoms with Crippen LogP contribution in [0, 0.1) is 13.8 Å². The molecule has 4 aromatic rings. The van der Waals surface area contributed by atoms with Crippen molar-refractivity contribution in [2.75, 3.05) is 12.4 Å². The molecule has 146 valence electrons. The lowest BCUT2D eigenvalue weighted by Gasteiger charge is -2.05. The number of nitrogens with zero attached hydrogens (tertiary/aromatic N) is 5. The summed E-state index contributed by atoms with van der Waals surface area (Å²) in [5, 5.41) is 11.6. The number of amides is 1. The van der Waals surface area contributed by atoms with E-state index in [0.29, 0.717) is 22.2 Å². The Kier molecular flexibility index (Phi) is 5.05. The third-order valence-electron chi connectivity index (χ3n) is 4.33. The van der Waals surface area contributed by atoms with E-state index in [9.17, 15) is 4.79 Å². The SMILES string of the molecule is COc1cccc(-n2nnc(-c3nsc(NC(=O)c4cccc(C)c4)n3)c2C)c1. The monoisotopic (exact) mass is 406 g/mol. The van der Waals surface area contributed by atoms with Crippen LogP contribution in [-0.4, -0.2) is 37.4 Å². The molecule has 0 fully saturated rings. The van der Waals surface area contributed by atoms with Crippen molar-refractivity contribution in [1.29, 1.82) is 0 Å². The van der Waals surface area contributed by atoms with Crippen LogP contribution in [0.5, 0.6) is 5.75 Å². The molecule has 2 aromatic heterocycles. The van der Waals surface area contributed by atoms with Gasteiger partial charge in [-0.15, -0.1) is 5.10 Å². The molecule has 0 spiro atoms. The molecule has 2 heterocycles. The van der Waals surface area contributed by atoms with Gasteiger partial charge in [0.2, 0.25) is 5.13 Å². The smallest absolute Gasteiger partial charge is 0.257 e. The second-order valence-corrected chi connectivity index (χ2v) is 7.14. The summed E-state index contributed by atoms with van der Waals surface area (Å²) >= 11 is 1.10. The number of nitrogens with one attached hydrogen (secondary N) is 1. The fourth-order valence-electron chi connectivity index (χ4n) is 2.85. The number of methoxy groups -OCH3 is 1. The Bertz CT molecular complexity index is 1180. The zero-order valence-electron chi connectivity index (χ0n) is 16.1. The molecule has 0 saturated carbocycles. The Hall–Kier alpha value is -3.59. The Labute approximate surface area is 171 Å². The van der Waals surface area contributed by atoms with Crippen LogP contribution >= 0.6 is 11.5 Å². The summed E-state index contributed by atoms with van der Waals surface area (Å²) in [4.78, 5) is 16.8. The molecule has 1 N–H and O–H groups in total. The lowest BCUT2D eigenvalue weighted by atomic mass is 10.1. The molecular weight excluding hydrogens is 388 g/mol. The minimum Gasteiger partial charge on any atom is -0.497 e. The number of hydrogen-bond donors (Lipinski definition) is 1. The maximum atomic E-state index is 12.4. The molecule has 0 aliphatic heterocycles. The Morgan fingerprint density at radius 3 is 2.76 bits per heavy atom. The van der Waals surface area contributed by atoms with Gasteiger partial charge in [-0.1, -0.05) is 29.0 Å². The summed E-state index contributed by atoms with van der Waals surface area (Å²) in [5.74, 6) is 0.918. The van der Waals surface area contributed by atoms with E-state index in [4.69, 9.17) is 4.74 Å². The molecule has 1 amide bonds. The van der Waals surface area contributed by atoms with Gasteiger partial charge in [0.25, 0.3) is 5.91 Å². The van der Waals surface area contributed by atoms with Crippen LogP contribution in [0.4, 0.5) is 5.13 Å². The van der Waals surface area contributed by atoms with Crippen LogP contribution < -0.4 is 10.1 Å². The summed E-state index contributed by atoms with van der Waals surface area (Å²) in [6, 6.07) is 14.9. The second kappa shape index (κ2) is 7.80. The predicted molar refractivity (Wildman–Crippen MR) is 111 cm³/mol. The van der Waals surface area contributed by atoms with Gasteiger partial charge in [-0.3, -0.25) is 10.1 Å². The van der Waals surface area contributed by atoms with Crippen molar-refractivity contribution in [3.8, 4) is 23.0 Å². The highest BCUT2D eigenvalue weighted by Crippen LogP contribution is 2.25. The van der Waals surface area contributed by atoms with Gasteiger partial charge in [0.1, 0.15) is 5.75 Å². The van der Waals surface area contributed by atoms with Gasteiger partial charge in [0.05, 0.1) is 18.5 Å². The minimum absolute atomic E-state index is 0.229. The first-order valence-corrected chi connectivity index (χ1v) is 9.61. The highest BCUT2D eigenvalue weighted by molar-refractivity contribution is 7.10. The van der Waals surface area contributed by atoms with E-state index < -0.39 is 0 Å². The number of rotatable bonds is 5. The van der Waals surface area contributed by atoms with Crippen LogP contribution in [0.3, 0.4) is 0 Å². The van der Waals surface area contributed by atoms with Crippen molar-refractivity contribution in [2.45, 2.75) is 13.8 Å². The van der Waals surface area contributed by atoms with E-state index in [0.717, 1.165) is 34.2 Å². The van der Waals surface area contributed by atoms with Crippen molar-refractivity contribution in [3.05, 3.63) is 65.4 Å². The fraction of sp³-hybridized carbons (Fsp3) is 0.150. The largest absolute Gasteiger partial charge is 0.497 e. The van der Waals surface area contributed by atoms with Crippen LogP contribution in [-0.2, 0) is 0 Å².